The summed E-state index contributed by atoms with van der Waals surface area (Å²) in [7, 11) is 0. The molecular formula is C23H25ClFN3O2. The van der Waals surface area contributed by atoms with E-state index in [1.54, 1.807) is 0 Å². The van der Waals surface area contributed by atoms with E-state index in [4.69, 9.17) is 11.6 Å². The quantitative estimate of drug-likeness (QED) is 0.745. The SMILES string of the molecule is Cc1cccc(N2CCN(C(=O)[C@@H]3CC(=O)N(c4ccc(F)c(Cl)c4)C3)CC2)c1C. The lowest BCUT2D eigenvalue weighted by atomic mass is 10.1. The van der Waals surface area contributed by atoms with Crippen molar-refractivity contribution in [2.45, 2.75) is 20.3 Å². The van der Waals surface area contributed by atoms with Crippen molar-refractivity contribution in [3.8, 4) is 0 Å². The second-order valence-corrected chi connectivity index (χ2v) is 8.44. The number of hydrogen-bond acceptors (Lipinski definition) is 3. The van der Waals surface area contributed by atoms with E-state index in [1.807, 2.05) is 4.90 Å². The number of benzene rings is 2. The highest BCUT2D eigenvalue weighted by Crippen LogP contribution is 2.30. The highest BCUT2D eigenvalue weighted by Gasteiger charge is 2.38. The van der Waals surface area contributed by atoms with E-state index in [9.17, 15) is 14.0 Å². The van der Waals surface area contributed by atoms with Crippen LogP contribution in [0, 0.1) is 25.6 Å². The summed E-state index contributed by atoms with van der Waals surface area (Å²) in [4.78, 5) is 31.2. The molecule has 0 bridgehead atoms. The Balaban J connectivity index is 1.39. The maximum absolute atomic E-state index is 13.4. The number of nitrogens with zero attached hydrogens (tertiary/aromatic N) is 3. The molecule has 7 heteroatoms. The predicted octanol–water partition coefficient (Wildman–Crippen LogP) is 3.80. The summed E-state index contributed by atoms with van der Waals surface area (Å²) in [6.07, 6.45) is 0.172. The second-order valence-electron chi connectivity index (χ2n) is 8.04. The van der Waals surface area contributed by atoms with Crippen LogP contribution in [-0.4, -0.2) is 49.4 Å². The Morgan fingerprint density at radius 3 is 2.53 bits per heavy atom. The van der Waals surface area contributed by atoms with Gasteiger partial charge in [-0.2, -0.15) is 0 Å². The van der Waals surface area contributed by atoms with Crippen molar-refractivity contribution < 1.29 is 14.0 Å². The monoisotopic (exact) mass is 429 g/mol. The van der Waals surface area contributed by atoms with Crippen LogP contribution in [0.25, 0.3) is 0 Å². The predicted molar refractivity (Wildman–Crippen MR) is 117 cm³/mol. The van der Waals surface area contributed by atoms with Gasteiger partial charge in [-0.1, -0.05) is 23.7 Å². The highest BCUT2D eigenvalue weighted by atomic mass is 35.5. The van der Waals surface area contributed by atoms with E-state index in [-0.39, 0.29) is 29.2 Å². The van der Waals surface area contributed by atoms with Crippen LogP contribution in [0.4, 0.5) is 15.8 Å². The largest absolute Gasteiger partial charge is 0.368 e. The zero-order chi connectivity index (χ0) is 21.4. The first kappa shape index (κ1) is 20.7. The molecule has 2 saturated heterocycles. The maximum atomic E-state index is 13.4. The van der Waals surface area contributed by atoms with Gasteiger partial charge in [-0.05, 0) is 49.2 Å². The van der Waals surface area contributed by atoms with Crippen molar-refractivity contribution in [2.24, 2.45) is 5.92 Å². The zero-order valence-electron chi connectivity index (χ0n) is 17.2. The van der Waals surface area contributed by atoms with E-state index >= 15 is 0 Å². The van der Waals surface area contributed by atoms with Crippen LogP contribution in [0.15, 0.2) is 36.4 Å². The molecule has 5 nitrogen and oxygen atoms in total. The molecule has 4 rings (SSSR count). The minimum Gasteiger partial charge on any atom is -0.368 e. The van der Waals surface area contributed by atoms with Crippen molar-refractivity contribution in [1.82, 2.24) is 4.90 Å². The summed E-state index contributed by atoms with van der Waals surface area (Å²) in [6.45, 7) is 7.36. The molecule has 0 saturated carbocycles. The van der Waals surface area contributed by atoms with Gasteiger partial charge < -0.3 is 14.7 Å². The Labute approximate surface area is 181 Å². The molecule has 0 unspecified atom stereocenters. The number of carbonyl (C=O) groups is 2. The van der Waals surface area contributed by atoms with Gasteiger partial charge >= 0.3 is 0 Å². The number of carbonyl (C=O) groups excluding carboxylic acids is 2. The first-order valence-electron chi connectivity index (χ1n) is 10.2. The van der Waals surface area contributed by atoms with Crippen molar-refractivity contribution in [3.63, 3.8) is 0 Å². The van der Waals surface area contributed by atoms with Gasteiger partial charge in [0.2, 0.25) is 11.8 Å². The smallest absolute Gasteiger partial charge is 0.228 e. The lowest BCUT2D eigenvalue weighted by Crippen LogP contribution is -2.51. The molecule has 2 amide bonds. The first-order valence-corrected chi connectivity index (χ1v) is 10.6. The Kier molecular flexibility index (Phi) is 5.69. The summed E-state index contributed by atoms with van der Waals surface area (Å²) in [5.74, 6) is -1.03. The van der Waals surface area contributed by atoms with Crippen LogP contribution < -0.4 is 9.80 Å². The second kappa shape index (κ2) is 8.26. The minimum atomic E-state index is -0.526. The summed E-state index contributed by atoms with van der Waals surface area (Å²) >= 11 is 5.85. The molecule has 2 aliphatic rings. The summed E-state index contributed by atoms with van der Waals surface area (Å²) < 4.78 is 13.4. The molecule has 2 aromatic carbocycles. The number of aryl methyl sites for hydroxylation is 1. The third-order valence-electron chi connectivity index (χ3n) is 6.20. The van der Waals surface area contributed by atoms with Gasteiger partial charge in [-0.15, -0.1) is 0 Å². The van der Waals surface area contributed by atoms with Gasteiger partial charge in [-0.25, -0.2) is 4.39 Å². The van der Waals surface area contributed by atoms with E-state index in [0.29, 0.717) is 25.3 Å². The van der Waals surface area contributed by atoms with E-state index in [1.165, 1.54) is 39.9 Å². The Morgan fingerprint density at radius 1 is 1.10 bits per heavy atom. The Hall–Kier alpha value is -2.60. The standard InChI is InChI=1S/C23H25ClFN3O2/c1-15-4-3-5-21(16(15)2)26-8-10-27(11-9-26)23(30)17-12-22(29)28(14-17)18-6-7-20(25)19(24)13-18/h3-7,13,17H,8-12,14H2,1-2H3/t17-/m1/s1. The van der Waals surface area contributed by atoms with Gasteiger partial charge in [0.15, 0.2) is 0 Å². The molecule has 2 fully saturated rings. The molecule has 2 heterocycles. The molecule has 0 aliphatic carbocycles. The Bertz CT molecular complexity index is 988. The van der Waals surface area contributed by atoms with Crippen LogP contribution in [-0.2, 0) is 9.59 Å². The average Bonchev–Trinajstić information content (AvgIpc) is 3.13. The van der Waals surface area contributed by atoms with Crippen LogP contribution >= 0.6 is 11.6 Å². The number of piperazine rings is 1. The van der Waals surface area contributed by atoms with Crippen LogP contribution in [0.5, 0.6) is 0 Å². The lowest BCUT2D eigenvalue weighted by molar-refractivity contribution is -0.136. The third kappa shape index (κ3) is 3.88. The van der Waals surface area contributed by atoms with Crippen molar-refractivity contribution >= 4 is 34.8 Å². The van der Waals surface area contributed by atoms with E-state index in [2.05, 4.69) is 36.9 Å². The molecule has 0 radical (unpaired) electrons. The van der Waals surface area contributed by atoms with Crippen molar-refractivity contribution in [3.05, 3.63) is 58.4 Å². The summed E-state index contributed by atoms with van der Waals surface area (Å²) in [5, 5.41) is -0.0300. The molecule has 30 heavy (non-hydrogen) atoms. The highest BCUT2D eigenvalue weighted by molar-refractivity contribution is 6.31. The number of amides is 2. The fraction of sp³-hybridized carbons (Fsp3) is 0.391. The summed E-state index contributed by atoms with van der Waals surface area (Å²) in [5.41, 5.74) is 4.28. The molecular weight excluding hydrogens is 405 g/mol. The lowest BCUT2D eigenvalue weighted by Gasteiger charge is -2.38. The number of halogens is 2. The fourth-order valence-electron chi connectivity index (χ4n) is 4.28. The fourth-order valence-corrected chi connectivity index (χ4v) is 4.45. The van der Waals surface area contributed by atoms with Gasteiger partial charge in [0.25, 0.3) is 0 Å². The van der Waals surface area contributed by atoms with Gasteiger partial charge in [0.05, 0.1) is 10.9 Å². The molecule has 2 aliphatic heterocycles. The number of rotatable bonds is 3. The normalized spacial score (nSPS) is 19.5. The van der Waals surface area contributed by atoms with Crippen molar-refractivity contribution in [1.29, 1.82) is 0 Å². The topological polar surface area (TPSA) is 43.9 Å². The van der Waals surface area contributed by atoms with E-state index in [0.717, 1.165) is 13.1 Å². The molecule has 2 aromatic rings. The number of anilines is 2. The molecule has 0 aromatic heterocycles. The first-order chi connectivity index (χ1) is 14.3. The van der Waals surface area contributed by atoms with Crippen LogP contribution in [0.2, 0.25) is 5.02 Å². The summed E-state index contributed by atoms with van der Waals surface area (Å²) in [6, 6.07) is 10.5. The third-order valence-corrected chi connectivity index (χ3v) is 6.49. The Morgan fingerprint density at radius 2 is 1.83 bits per heavy atom. The van der Waals surface area contributed by atoms with Gasteiger partial charge in [0, 0.05) is 50.5 Å². The zero-order valence-corrected chi connectivity index (χ0v) is 18.0. The van der Waals surface area contributed by atoms with Gasteiger partial charge in [0.1, 0.15) is 5.82 Å². The van der Waals surface area contributed by atoms with Gasteiger partial charge in [-0.3, -0.25) is 9.59 Å². The van der Waals surface area contributed by atoms with Crippen LogP contribution in [0.3, 0.4) is 0 Å². The maximum Gasteiger partial charge on any atom is 0.228 e. The molecule has 0 spiro atoms. The molecule has 0 N–H and O–H groups in total. The van der Waals surface area contributed by atoms with E-state index < -0.39 is 5.82 Å². The van der Waals surface area contributed by atoms with Crippen LogP contribution in [0.1, 0.15) is 17.5 Å². The van der Waals surface area contributed by atoms with Crippen molar-refractivity contribution in [2.75, 3.05) is 42.5 Å². The average molecular weight is 430 g/mol. The minimum absolute atomic E-state index is 0.0136. The molecule has 1 atom stereocenters. The molecule has 158 valence electrons. The number of hydrogen-bond donors (Lipinski definition) is 0.